The fourth-order valence-corrected chi connectivity index (χ4v) is 3.06. The van der Waals surface area contributed by atoms with Crippen LogP contribution >= 0.6 is 0 Å². The van der Waals surface area contributed by atoms with Crippen LogP contribution in [-0.2, 0) is 14.2 Å². The lowest BCUT2D eigenvalue weighted by molar-refractivity contribution is -0.0358. The van der Waals surface area contributed by atoms with Gasteiger partial charge in [0.05, 0.1) is 19.3 Å². The molecule has 0 N–H and O–H groups in total. The van der Waals surface area contributed by atoms with Crippen LogP contribution < -0.4 is 0 Å². The van der Waals surface area contributed by atoms with Crippen molar-refractivity contribution in [2.75, 3.05) is 19.8 Å². The van der Waals surface area contributed by atoms with Crippen molar-refractivity contribution in [3.8, 4) is 0 Å². The summed E-state index contributed by atoms with van der Waals surface area (Å²) in [5, 5.41) is 0.242. The standard InChI is InChI=1S/C12H24O3Si/c1-10(13-8-11-9-14-11)4-6-12(16)5-2-3-7-15-12/h10-11H,2-9H2,1,16H3. The highest BCUT2D eigenvalue weighted by molar-refractivity contribution is 6.14. The lowest BCUT2D eigenvalue weighted by Crippen LogP contribution is -2.37. The molecule has 3 atom stereocenters. The summed E-state index contributed by atoms with van der Waals surface area (Å²) >= 11 is 0. The van der Waals surface area contributed by atoms with Crippen LogP contribution in [0.1, 0.15) is 39.0 Å². The van der Waals surface area contributed by atoms with Crippen LogP contribution in [0.2, 0.25) is 0 Å². The zero-order valence-corrected chi connectivity index (χ0v) is 12.5. The number of ether oxygens (including phenoxy) is 3. The van der Waals surface area contributed by atoms with Crippen LogP contribution in [0.4, 0.5) is 0 Å². The van der Waals surface area contributed by atoms with Gasteiger partial charge in [0.1, 0.15) is 6.10 Å². The van der Waals surface area contributed by atoms with Crippen LogP contribution in [-0.4, -0.2) is 47.5 Å². The Morgan fingerprint density at radius 1 is 1.50 bits per heavy atom. The van der Waals surface area contributed by atoms with Crippen molar-refractivity contribution >= 4 is 10.2 Å². The van der Waals surface area contributed by atoms with Gasteiger partial charge in [0, 0.05) is 22.1 Å². The van der Waals surface area contributed by atoms with Crippen LogP contribution in [0.5, 0.6) is 0 Å². The predicted octanol–water partition coefficient (Wildman–Crippen LogP) is 0.833. The highest BCUT2D eigenvalue weighted by Gasteiger charge is 2.28. The maximum atomic E-state index is 5.94. The molecule has 2 aliphatic rings. The summed E-state index contributed by atoms with van der Waals surface area (Å²) in [7, 11) is 1.15. The lowest BCUT2D eigenvalue weighted by atomic mass is 10.0. The van der Waals surface area contributed by atoms with Crippen molar-refractivity contribution in [2.45, 2.75) is 56.5 Å². The van der Waals surface area contributed by atoms with Crippen molar-refractivity contribution in [2.24, 2.45) is 0 Å². The Labute approximate surface area is 101 Å². The smallest absolute Gasteiger partial charge is 0.104 e. The highest BCUT2D eigenvalue weighted by Crippen LogP contribution is 2.27. The van der Waals surface area contributed by atoms with E-state index in [4.69, 9.17) is 14.2 Å². The molecule has 0 radical (unpaired) electrons. The van der Waals surface area contributed by atoms with E-state index in [1.807, 2.05) is 0 Å². The third kappa shape index (κ3) is 4.16. The molecule has 0 aromatic rings. The first kappa shape index (κ1) is 12.6. The molecule has 0 amide bonds. The van der Waals surface area contributed by atoms with Gasteiger partial charge in [0.15, 0.2) is 0 Å². The van der Waals surface area contributed by atoms with E-state index < -0.39 is 0 Å². The number of hydrogen-bond acceptors (Lipinski definition) is 3. The highest BCUT2D eigenvalue weighted by atomic mass is 28.1. The average Bonchev–Trinajstić information content (AvgIpc) is 3.09. The van der Waals surface area contributed by atoms with E-state index >= 15 is 0 Å². The summed E-state index contributed by atoms with van der Waals surface area (Å²) in [5.74, 6) is 0. The first-order chi connectivity index (χ1) is 7.68. The second kappa shape index (κ2) is 5.62. The van der Waals surface area contributed by atoms with Crippen LogP contribution in [0.15, 0.2) is 0 Å². The van der Waals surface area contributed by atoms with Gasteiger partial charge < -0.3 is 14.2 Å². The average molecular weight is 244 g/mol. The minimum Gasteiger partial charge on any atom is -0.380 e. The normalized spacial score (nSPS) is 36.2. The minimum atomic E-state index is 0.242. The number of rotatable bonds is 6. The van der Waals surface area contributed by atoms with E-state index in [0.717, 1.165) is 36.5 Å². The molecule has 4 heteroatoms. The third-order valence-corrected chi connectivity index (χ3v) is 4.89. The predicted molar refractivity (Wildman–Crippen MR) is 66.9 cm³/mol. The summed E-state index contributed by atoms with van der Waals surface area (Å²) in [5.41, 5.74) is 0. The quantitative estimate of drug-likeness (QED) is 0.512. The number of hydrogen-bond donors (Lipinski definition) is 0. The van der Waals surface area contributed by atoms with Crippen molar-refractivity contribution in [3.63, 3.8) is 0 Å². The van der Waals surface area contributed by atoms with Gasteiger partial charge in [0.25, 0.3) is 0 Å². The minimum absolute atomic E-state index is 0.242. The summed E-state index contributed by atoms with van der Waals surface area (Å²) in [4.78, 5) is 0. The Morgan fingerprint density at radius 2 is 2.31 bits per heavy atom. The molecule has 0 aromatic carbocycles. The molecule has 2 saturated heterocycles. The molecule has 3 nitrogen and oxygen atoms in total. The zero-order chi connectivity index (χ0) is 11.4. The monoisotopic (exact) mass is 244 g/mol. The Kier molecular flexibility index (Phi) is 4.41. The first-order valence-electron chi connectivity index (χ1n) is 6.55. The molecule has 3 unspecified atom stereocenters. The van der Waals surface area contributed by atoms with E-state index in [0.29, 0.717) is 12.2 Å². The van der Waals surface area contributed by atoms with E-state index in [1.54, 1.807) is 0 Å². The second-order valence-electron chi connectivity index (χ2n) is 5.39. The third-order valence-electron chi connectivity index (χ3n) is 3.60. The van der Waals surface area contributed by atoms with Crippen LogP contribution in [0.3, 0.4) is 0 Å². The molecule has 0 bridgehead atoms. The van der Waals surface area contributed by atoms with E-state index in [1.165, 1.54) is 25.7 Å². The molecule has 0 aliphatic carbocycles. The van der Waals surface area contributed by atoms with Crippen molar-refractivity contribution in [3.05, 3.63) is 0 Å². The molecule has 0 saturated carbocycles. The Morgan fingerprint density at radius 3 is 2.94 bits per heavy atom. The van der Waals surface area contributed by atoms with Crippen LogP contribution in [0.25, 0.3) is 0 Å². The number of epoxide rings is 1. The molecule has 2 aliphatic heterocycles. The Balaban J connectivity index is 1.60. The molecule has 2 fully saturated rings. The largest absolute Gasteiger partial charge is 0.380 e. The fraction of sp³-hybridized carbons (Fsp3) is 1.00. The molecule has 0 aromatic heterocycles. The van der Waals surface area contributed by atoms with Crippen LogP contribution in [0, 0.1) is 0 Å². The lowest BCUT2D eigenvalue weighted by Gasteiger charge is -2.34. The summed E-state index contributed by atoms with van der Waals surface area (Å²) < 4.78 is 16.8. The summed E-state index contributed by atoms with van der Waals surface area (Å²) in [6, 6.07) is 0. The van der Waals surface area contributed by atoms with Gasteiger partial charge in [0.2, 0.25) is 0 Å². The molecular weight excluding hydrogens is 220 g/mol. The van der Waals surface area contributed by atoms with E-state index in [9.17, 15) is 0 Å². The van der Waals surface area contributed by atoms with Gasteiger partial charge in [-0.2, -0.15) is 0 Å². The van der Waals surface area contributed by atoms with Gasteiger partial charge in [-0.1, -0.05) is 0 Å². The van der Waals surface area contributed by atoms with Gasteiger partial charge in [-0.15, -0.1) is 0 Å². The van der Waals surface area contributed by atoms with Crippen molar-refractivity contribution < 1.29 is 14.2 Å². The molecular formula is C12H24O3Si. The molecule has 94 valence electrons. The SMILES string of the molecule is CC(CCC1([SiH3])CCCCO1)OCC1CO1. The maximum Gasteiger partial charge on any atom is 0.104 e. The Bertz CT molecular complexity index is 212. The van der Waals surface area contributed by atoms with Gasteiger partial charge in [-0.3, -0.25) is 0 Å². The molecule has 2 rings (SSSR count). The molecule has 16 heavy (non-hydrogen) atoms. The second-order valence-corrected chi connectivity index (χ2v) is 7.22. The van der Waals surface area contributed by atoms with E-state index in [2.05, 4.69) is 6.92 Å². The van der Waals surface area contributed by atoms with Gasteiger partial charge in [-0.05, 0) is 39.0 Å². The van der Waals surface area contributed by atoms with Gasteiger partial charge in [-0.25, -0.2) is 0 Å². The maximum absolute atomic E-state index is 5.94. The zero-order valence-electron chi connectivity index (χ0n) is 10.5. The van der Waals surface area contributed by atoms with Crippen molar-refractivity contribution in [1.82, 2.24) is 0 Å². The summed E-state index contributed by atoms with van der Waals surface area (Å²) in [6.07, 6.45) is 6.88. The van der Waals surface area contributed by atoms with E-state index in [-0.39, 0.29) is 5.22 Å². The molecule has 2 heterocycles. The fourth-order valence-electron chi connectivity index (χ4n) is 2.22. The molecule has 0 spiro atoms. The van der Waals surface area contributed by atoms with Gasteiger partial charge >= 0.3 is 0 Å². The van der Waals surface area contributed by atoms with Crippen molar-refractivity contribution in [1.29, 1.82) is 0 Å². The first-order valence-corrected chi connectivity index (χ1v) is 7.55. The topological polar surface area (TPSA) is 31.0 Å². The summed E-state index contributed by atoms with van der Waals surface area (Å²) in [6.45, 7) is 4.79. The Hall–Kier alpha value is 0.0969.